The second-order valence-corrected chi connectivity index (χ2v) is 6.73. The van der Waals surface area contributed by atoms with E-state index in [-0.39, 0.29) is 18.0 Å². The smallest absolute Gasteiger partial charge is 0.307 e. The van der Waals surface area contributed by atoms with Crippen molar-refractivity contribution in [3.8, 4) is 0 Å². The lowest BCUT2D eigenvalue weighted by Gasteiger charge is -2.05. The molecule has 0 aliphatic carbocycles. The Kier molecular flexibility index (Phi) is 5.12. The second kappa shape index (κ2) is 8.03. The molecule has 0 aliphatic heterocycles. The van der Waals surface area contributed by atoms with Gasteiger partial charge in [-0.15, -0.1) is 0 Å². The zero-order chi connectivity index (χ0) is 21.1. The van der Waals surface area contributed by atoms with E-state index in [1.165, 1.54) is 16.4 Å². The molecule has 0 unspecified atom stereocenters. The molecule has 3 aromatic heterocycles. The van der Waals surface area contributed by atoms with Crippen LogP contribution in [0.1, 0.15) is 27.4 Å². The van der Waals surface area contributed by atoms with Crippen LogP contribution in [0.15, 0.2) is 65.6 Å². The van der Waals surface area contributed by atoms with Crippen molar-refractivity contribution >= 4 is 17.3 Å². The molecule has 1 aromatic carbocycles. The average Bonchev–Trinajstić information content (AvgIpc) is 3.45. The van der Waals surface area contributed by atoms with Gasteiger partial charge in [0.15, 0.2) is 5.76 Å². The average molecular weight is 406 g/mol. The van der Waals surface area contributed by atoms with E-state index in [2.05, 4.69) is 15.5 Å². The summed E-state index contributed by atoms with van der Waals surface area (Å²) >= 11 is 0. The minimum atomic E-state index is -0.524. The first kappa shape index (κ1) is 19.1. The van der Waals surface area contributed by atoms with Gasteiger partial charge in [0.25, 0.3) is 5.91 Å². The number of aromatic nitrogens is 4. The van der Waals surface area contributed by atoms with Gasteiger partial charge in [0.2, 0.25) is 0 Å². The van der Waals surface area contributed by atoms with E-state index < -0.39 is 10.8 Å². The highest BCUT2D eigenvalue weighted by Gasteiger charge is 2.14. The molecule has 10 nitrogen and oxygen atoms in total. The lowest BCUT2D eigenvalue weighted by molar-refractivity contribution is -0.385. The van der Waals surface area contributed by atoms with Crippen LogP contribution in [0.25, 0.3) is 0 Å². The first-order chi connectivity index (χ1) is 14.5. The first-order valence-electron chi connectivity index (χ1n) is 9.12. The number of carbonyl (C=O) groups excluding carboxylic acids is 1. The van der Waals surface area contributed by atoms with Crippen molar-refractivity contribution in [2.75, 3.05) is 5.32 Å². The van der Waals surface area contributed by atoms with Crippen molar-refractivity contribution in [1.82, 2.24) is 19.6 Å². The number of hydrogen-bond acceptors (Lipinski definition) is 6. The summed E-state index contributed by atoms with van der Waals surface area (Å²) in [5, 5.41) is 21.7. The number of benzene rings is 1. The van der Waals surface area contributed by atoms with Crippen molar-refractivity contribution in [1.29, 1.82) is 0 Å². The van der Waals surface area contributed by atoms with E-state index in [4.69, 9.17) is 4.42 Å². The van der Waals surface area contributed by atoms with Crippen molar-refractivity contribution in [3.05, 3.63) is 93.9 Å². The summed E-state index contributed by atoms with van der Waals surface area (Å²) in [7, 11) is 0. The Labute approximate surface area is 170 Å². The fraction of sp³-hybridized carbons (Fsp3) is 0.150. The number of nitrogens with one attached hydrogen (secondary N) is 1. The Morgan fingerprint density at radius 3 is 2.63 bits per heavy atom. The molecular formula is C20H18N6O4. The monoisotopic (exact) mass is 406 g/mol. The van der Waals surface area contributed by atoms with E-state index in [0.717, 1.165) is 11.8 Å². The quantitative estimate of drug-likeness (QED) is 0.371. The number of amides is 1. The number of nitrogens with zero attached hydrogens (tertiary/aromatic N) is 5. The van der Waals surface area contributed by atoms with Crippen molar-refractivity contribution in [2.45, 2.75) is 20.0 Å². The zero-order valence-electron chi connectivity index (χ0n) is 16.1. The normalized spacial score (nSPS) is 10.8. The highest BCUT2D eigenvalue weighted by molar-refractivity contribution is 6.02. The summed E-state index contributed by atoms with van der Waals surface area (Å²) in [6.07, 6.45) is 5.77. The highest BCUT2D eigenvalue weighted by Crippen LogP contribution is 2.15. The predicted molar refractivity (Wildman–Crippen MR) is 107 cm³/mol. The number of furan rings is 1. The third-order valence-corrected chi connectivity index (χ3v) is 4.52. The van der Waals surface area contributed by atoms with Crippen LogP contribution in [-0.2, 0) is 13.1 Å². The summed E-state index contributed by atoms with van der Waals surface area (Å²) < 4.78 is 8.66. The molecule has 1 N–H and O–H groups in total. The van der Waals surface area contributed by atoms with Gasteiger partial charge in [0.05, 0.1) is 29.9 Å². The van der Waals surface area contributed by atoms with Crippen LogP contribution in [0.2, 0.25) is 0 Å². The molecule has 1 amide bonds. The molecule has 0 fully saturated rings. The SMILES string of the molecule is Cc1ccccc1Cn1cc(NC(=O)c2ccc(Cn3cc([N+](=O)[O-])cn3)o2)cn1. The second-order valence-electron chi connectivity index (χ2n) is 6.73. The summed E-state index contributed by atoms with van der Waals surface area (Å²) in [4.78, 5) is 22.6. The number of carbonyl (C=O) groups is 1. The Bertz CT molecular complexity index is 1210. The highest BCUT2D eigenvalue weighted by atomic mass is 16.6. The maximum atomic E-state index is 12.4. The fourth-order valence-electron chi connectivity index (χ4n) is 2.95. The molecule has 0 radical (unpaired) electrons. The molecule has 4 rings (SSSR count). The Morgan fingerprint density at radius 1 is 1.10 bits per heavy atom. The molecule has 10 heteroatoms. The molecule has 0 atom stereocenters. The van der Waals surface area contributed by atoms with Crippen LogP contribution in [-0.4, -0.2) is 30.4 Å². The number of aryl methyl sites for hydroxylation is 1. The summed E-state index contributed by atoms with van der Waals surface area (Å²) in [6.45, 7) is 2.82. The van der Waals surface area contributed by atoms with Gasteiger partial charge in [-0.25, -0.2) is 0 Å². The minimum Gasteiger partial charge on any atom is -0.454 e. The van der Waals surface area contributed by atoms with Crippen LogP contribution >= 0.6 is 0 Å². The van der Waals surface area contributed by atoms with Crippen LogP contribution in [0.3, 0.4) is 0 Å². The standard InChI is InChI=1S/C20H18N6O4/c1-14-4-2-3-5-15(14)10-24-11-16(8-21-24)23-20(27)19-7-6-18(30-19)13-25-12-17(9-22-25)26(28)29/h2-9,11-12H,10,13H2,1H3,(H,23,27). The number of hydrogen-bond donors (Lipinski definition) is 1. The molecule has 0 saturated heterocycles. The van der Waals surface area contributed by atoms with Gasteiger partial charge in [-0.1, -0.05) is 24.3 Å². The van der Waals surface area contributed by atoms with Crippen LogP contribution in [0, 0.1) is 17.0 Å². The topological polar surface area (TPSA) is 121 Å². The Balaban J connectivity index is 1.38. The fourth-order valence-corrected chi connectivity index (χ4v) is 2.95. The maximum Gasteiger partial charge on any atom is 0.307 e. The van der Waals surface area contributed by atoms with E-state index in [9.17, 15) is 14.9 Å². The zero-order valence-corrected chi connectivity index (χ0v) is 16.1. The van der Waals surface area contributed by atoms with Crippen molar-refractivity contribution in [2.24, 2.45) is 0 Å². The number of nitro groups is 1. The van der Waals surface area contributed by atoms with Crippen LogP contribution < -0.4 is 5.32 Å². The molecule has 4 aromatic rings. The maximum absolute atomic E-state index is 12.4. The van der Waals surface area contributed by atoms with Crippen molar-refractivity contribution < 1.29 is 14.1 Å². The van der Waals surface area contributed by atoms with E-state index in [0.29, 0.717) is 18.0 Å². The molecule has 152 valence electrons. The number of anilines is 1. The minimum absolute atomic E-state index is 0.109. The lowest BCUT2D eigenvalue weighted by Crippen LogP contribution is -2.10. The lowest BCUT2D eigenvalue weighted by atomic mass is 10.1. The van der Waals surface area contributed by atoms with E-state index in [1.807, 2.05) is 31.2 Å². The van der Waals surface area contributed by atoms with Crippen molar-refractivity contribution in [3.63, 3.8) is 0 Å². The molecule has 0 bridgehead atoms. The Hall–Kier alpha value is -4.21. The molecule has 0 aliphatic rings. The largest absolute Gasteiger partial charge is 0.454 e. The summed E-state index contributed by atoms with van der Waals surface area (Å²) in [6, 6.07) is 11.2. The van der Waals surface area contributed by atoms with Crippen LogP contribution in [0.5, 0.6) is 0 Å². The van der Waals surface area contributed by atoms with Gasteiger partial charge in [0, 0.05) is 6.20 Å². The Morgan fingerprint density at radius 2 is 1.87 bits per heavy atom. The molecule has 30 heavy (non-hydrogen) atoms. The molecule has 0 saturated carbocycles. The predicted octanol–water partition coefficient (Wildman–Crippen LogP) is 3.24. The van der Waals surface area contributed by atoms with Gasteiger partial charge in [-0.2, -0.15) is 10.2 Å². The van der Waals surface area contributed by atoms with Gasteiger partial charge >= 0.3 is 5.69 Å². The van der Waals surface area contributed by atoms with E-state index in [1.54, 1.807) is 29.2 Å². The summed E-state index contributed by atoms with van der Waals surface area (Å²) in [5.41, 5.74) is 2.76. The molecular weight excluding hydrogens is 388 g/mol. The van der Waals surface area contributed by atoms with Crippen LogP contribution in [0.4, 0.5) is 11.4 Å². The third-order valence-electron chi connectivity index (χ3n) is 4.52. The third kappa shape index (κ3) is 4.27. The first-order valence-corrected chi connectivity index (χ1v) is 9.12. The molecule has 0 spiro atoms. The van der Waals surface area contributed by atoms with Gasteiger partial charge in [-0.05, 0) is 30.2 Å². The van der Waals surface area contributed by atoms with Gasteiger partial charge in [0.1, 0.15) is 18.2 Å². The van der Waals surface area contributed by atoms with E-state index >= 15 is 0 Å². The molecule has 3 heterocycles. The van der Waals surface area contributed by atoms with Gasteiger partial charge < -0.3 is 9.73 Å². The number of rotatable bonds is 7. The summed E-state index contributed by atoms with van der Waals surface area (Å²) in [5.74, 6) is 0.162. The van der Waals surface area contributed by atoms with Gasteiger partial charge in [-0.3, -0.25) is 24.3 Å².